The molecule has 2 fully saturated rings. The Morgan fingerprint density at radius 3 is 2.71 bits per heavy atom. The minimum absolute atomic E-state index is 0.0797. The van der Waals surface area contributed by atoms with Gasteiger partial charge in [0.2, 0.25) is 15.0 Å². The normalized spacial score (nSPS) is 21.6. The molecule has 0 unspecified atom stereocenters. The third kappa shape index (κ3) is 5.78. The lowest BCUT2D eigenvalue weighted by Crippen LogP contribution is -2.27. The molecule has 0 N–H and O–H groups in total. The molecule has 0 bridgehead atoms. The zero-order chi connectivity index (χ0) is 20.0. The Bertz CT molecular complexity index is 707. The fraction of sp³-hybridized carbons (Fsp3) is 0.850. The van der Waals surface area contributed by atoms with Crippen LogP contribution in [0.25, 0.3) is 0 Å². The molecular weight excluding hydrogens is 378 g/mol. The quantitative estimate of drug-likeness (QED) is 0.587. The molecule has 0 radical (unpaired) electrons. The van der Waals surface area contributed by atoms with E-state index in [0.29, 0.717) is 19.5 Å². The Hall–Kier alpha value is -0.960. The summed E-state index contributed by atoms with van der Waals surface area (Å²) in [5.74, 6) is 0.864. The van der Waals surface area contributed by atoms with Gasteiger partial charge >= 0.3 is 0 Å². The smallest absolute Gasteiger partial charge is 0.227 e. The maximum Gasteiger partial charge on any atom is 0.227 e. The molecule has 0 aromatic carbocycles. The molecule has 0 saturated carbocycles. The van der Waals surface area contributed by atoms with Gasteiger partial charge < -0.3 is 18.9 Å². The van der Waals surface area contributed by atoms with Crippen molar-refractivity contribution in [1.29, 1.82) is 0 Å². The number of hydrogen-bond acceptors (Lipinski definition) is 6. The van der Waals surface area contributed by atoms with Crippen LogP contribution in [0.4, 0.5) is 0 Å². The van der Waals surface area contributed by atoms with Crippen LogP contribution in [-0.4, -0.2) is 68.1 Å². The van der Waals surface area contributed by atoms with Gasteiger partial charge in [-0.05, 0) is 58.0 Å². The zero-order valence-electron chi connectivity index (χ0n) is 17.3. The molecule has 0 amide bonds. The van der Waals surface area contributed by atoms with Crippen LogP contribution < -0.4 is 0 Å². The number of nitrogens with zero attached hydrogens (tertiary/aromatic N) is 3. The van der Waals surface area contributed by atoms with Crippen molar-refractivity contribution in [2.24, 2.45) is 5.92 Å². The molecular formula is C20H35N3O4S. The second-order valence-electron chi connectivity index (χ2n) is 8.18. The summed E-state index contributed by atoms with van der Waals surface area (Å²) in [4.78, 5) is 6.60. The second kappa shape index (κ2) is 10.2. The van der Waals surface area contributed by atoms with E-state index < -0.39 is 9.84 Å². The van der Waals surface area contributed by atoms with E-state index in [9.17, 15) is 8.42 Å². The predicted octanol–water partition coefficient (Wildman–Crippen LogP) is 2.49. The van der Waals surface area contributed by atoms with Crippen LogP contribution in [0, 0.1) is 5.92 Å². The predicted molar refractivity (Wildman–Crippen MR) is 108 cm³/mol. The van der Waals surface area contributed by atoms with Crippen LogP contribution >= 0.6 is 0 Å². The van der Waals surface area contributed by atoms with Crippen LogP contribution in [0.3, 0.4) is 0 Å². The van der Waals surface area contributed by atoms with Crippen molar-refractivity contribution >= 4 is 9.84 Å². The molecule has 1 atom stereocenters. The molecule has 1 aromatic rings. The number of hydrogen-bond donors (Lipinski definition) is 0. The third-order valence-electron chi connectivity index (χ3n) is 5.75. The summed E-state index contributed by atoms with van der Waals surface area (Å²) in [5, 5.41) is 0.206. The highest BCUT2D eigenvalue weighted by atomic mass is 32.2. The lowest BCUT2D eigenvalue weighted by atomic mass is 9.96. The summed E-state index contributed by atoms with van der Waals surface area (Å²) < 4.78 is 38.5. The van der Waals surface area contributed by atoms with Gasteiger partial charge in [-0.3, -0.25) is 0 Å². The average molecular weight is 414 g/mol. The van der Waals surface area contributed by atoms with E-state index in [2.05, 4.69) is 16.9 Å². The van der Waals surface area contributed by atoms with Crippen LogP contribution in [0.5, 0.6) is 0 Å². The van der Waals surface area contributed by atoms with Gasteiger partial charge in [0, 0.05) is 26.4 Å². The molecule has 2 aliphatic rings. The van der Waals surface area contributed by atoms with Gasteiger partial charge in [-0.1, -0.05) is 6.92 Å². The number of imidazole rings is 1. The van der Waals surface area contributed by atoms with Gasteiger partial charge in [-0.2, -0.15) is 0 Å². The monoisotopic (exact) mass is 413 g/mol. The van der Waals surface area contributed by atoms with Gasteiger partial charge in [-0.15, -0.1) is 0 Å². The Morgan fingerprint density at radius 1 is 1.25 bits per heavy atom. The Kier molecular flexibility index (Phi) is 7.91. The molecule has 160 valence electrons. The van der Waals surface area contributed by atoms with Crippen molar-refractivity contribution in [3.05, 3.63) is 11.9 Å². The van der Waals surface area contributed by atoms with Crippen molar-refractivity contribution in [2.75, 3.05) is 39.2 Å². The highest BCUT2D eigenvalue weighted by molar-refractivity contribution is 7.91. The molecule has 1 aromatic heterocycles. The number of rotatable bonds is 10. The minimum atomic E-state index is -3.36. The van der Waals surface area contributed by atoms with E-state index in [1.165, 1.54) is 0 Å². The largest absolute Gasteiger partial charge is 0.381 e. The van der Waals surface area contributed by atoms with Gasteiger partial charge in [0.15, 0.2) is 0 Å². The molecule has 2 saturated heterocycles. The average Bonchev–Trinajstić information content (AvgIpc) is 3.32. The fourth-order valence-electron chi connectivity index (χ4n) is 4.11. The number of sulfone groups is 1. The van der Waals surface area contributed by atoms with Crippen LogP contribution in [0.1, 0.15) is 51.1 Å². The number of ether oxygens (including phenoxy) is 2. The van der Waals surface area contributed by atoms with E-state index >= 15 is 0 Å². The third-order valence-corrected chi connectivity index (χ3v) is 7.58. The summed E-state index contributed by atoms with van der Waals surface area (Å²) >= 11 is 0. The molecule has 8 heteroatoms. The molecule has 7 nitrogen and oxygen atoms in total. The molecule has 0 spiro atoms. The van der Waals surface area contributed by atoms with Crippen molar-refractivity contribution in [1.82, 2.24) is 14.5 Å². The topological polar surface area (TPSA) is 73.7 Å². The summed E-state index contributed by atoms with van der Waals surface area (Å²) in [7, 11) is -1.26. The Labute approximate surface area is 169 Å². The van der Waals surface area contributed by atoms with E-state index in [-0.39, 0.29) is 17.0 Å². The van der Waals surface area contributed by atoms with E-state index in [1.807, 2.05) is 11.5 Å². The first-order valence-corrected chi connectivity index (χ1v) is 12.3. The lowest BCUT2D eigenvalue weighted by molar-refractivity contribution is 0.0606. The summed E-state index contributed by atoms with van der Waals surface area (Å²) in [6.07, 6.45) is 7.87. The first kappa shape index (κ1) is 21.7. The second-order valence-corrected chi connectivity index (χ2v) is 10.2. The van der Waals surface area contributed by atoms with Gasteiger partial charge in [0.1, 0.15) is 0 Å². The highest BCUT2D eigenvalue weighted by Gasteiger charge is 2.26. The van der Waals surface area contributed by atoms with Crippen LogP contribution in [0.2, 0.25) is 0 Å². The van der Waals surface area contributed by atoms with E-state index in [1.54, 1.807) is 6.20 Å². The van der Waals surface area contributed by atoms with Crippen molar-refractivity contribution in [3.8, 4) is 0 Å². The van der Waals surface area contributed by atoms with Crippen molar-refractivity contribution in [3.63, 3.8) is 0 Å². The lowest BCUT2D eigenvalue weighted by Gasteiger charge is -2.25. The number of aromatic nitrogens is 2. The van der Waals surface area contributed by atoms with Gasteiger partial charge in [0.05, 0.1) is 30.3 Å². The fourth-order valence-corrected chi connectivity index (χ4v) is 5.57. The first-order chi connectivity index (χ1) is 13.5. The molecule has 3 heterocycles. The summed E-state index contributed by atoms with van der Waals surface area (Å²) in [5.41, 5.74) is 0.958. The molecule has 3 rings (SSSR count). The SMILES string of the molecule is CCCS(=O)(=O)c1ncc(CN(C)CCC2CCOCC2)n1C[C@H]1CCCO1. The Morgan fingerprint density at radius 2 is 2.04 bits per heavy atom. The molecule has 28 heavy (non-hydrogen) atoms. The maximum atomic E-state index is 12.7. The van der Waals surface area contributed by atoms with Gasteiger partial charge in [-0.25, -0.2) is 13.4 Å². The van der Waals surface area contributed by atoms with Crippen molar-refractivity contribution < 1.29 is 17.9 Å². The zero-order valence-corrected chi connectivity index (χ0v) is 18.1. The van der Waals surface area contributed by atoms with E-state index in [0.717, 1.165) is 70.1 Å². The van der Waals surface area contributed by atoms with Crippen LogP contribution in [-0.2, 0) is 32.4 Å². The summed E-state index contributed by atoms with van der Waals surface area (Å²) in [6, 6.07) is 0. The van der Waals surface area contributed by atoms with Crippen molar-refractivity contribution in [2.45, 2.75) is 69.8 Å². The Balaban J connectivity index is 1.68. The van der Waals surface area contributed by atoms with Crippen LogP contribution in [0.15, 0.2) is 11.4 Å². The highest BCUT2D eigenvalue weighted by Crippen LogP contribution is 2.22. The standard InChI is InChI=1S/C20H35N3O4S/c1-3-13-28(24,25)20-21-14-18(23(20)16-19-5-4-10-27-19)15-22(2)9-6-17-7-11-26-12-8-17/h14,17,19H,3-13,15-16H2,1-2H3/t19-/m1/s1. The summed E-state index contributed by atoms with van der Waals surface area (Å²) in [6.45, 7) is 6.66. The maximum absolute atomic E-state index is 12.7. The first-order valence-electron chi connectivity index (χ1n) is 10.6. The molecule has 0 aliphatic carbocycles. The van der Waals surface area contributed by atoms with Gasteiger partial charge in [0.25, 0.3) is 0 Å². The molecule has 2 aliphatic heterocycles. The minimum Gasteiger partial charge on any atom is -0.381 e. The van der Waals surface area contributed by atoms with E-state index in [4.69, 9.17) is 9.47 Å².